The molecule has 2 atom stereocenters. The van der Waals surface area contributed by atoms with Gasteiger partial charge in [-0.3, -0.25) is 0 Å². The highest BCUT2D eigenvalue weighted by Gasteiger charge is 2.30. The number of fused-ring (bicyclic) bond motifs is 1. The molecule has 2 fully saturated rings. The second-order valence-electron chi connectivity index (χ2n) is 2.81. The van der Waals surface area contributed by atoms with Crippen LogP contribution in [-0.2, 0) is 9.47 Å². The molecule has 2 rings (SSSR count). The molecule has 9 heavy (non-hydrogen) atoms. The molecule has 0 aromatic heterocycles. The molecule has 52 valence electrons. The van der Waals surface area contributed by atoms with Gasteiger partial charge in [-0.2, -0.15) is 0 Å². The largest absolute Gasteiger partial charge is 0.349 e. The van der Waals surface area contributed by atoms with Crippen molar-refractivity contribution < 1.29 is 9.47 Å². The summed E-state index contributed by atoms with van der Waals surface area (Å²) in [5.41, 5.74) is 0. The van der Waals surface area contributed by atoms with Crippen molar-refractivity contribution in [3.63, 3.8) is 0 Å². The monoisotopic (exact) mass is 128 g/mol. The van der Waals surface area contributed by atoms with E-state index in [-0.39, 0.29) is 0 Å². The van der Waals surface area contributed by atoms with Gasteiger partial charge in [-0.1, -0.05) is 12.8 Å². The molecule has 1 aliphatic heterocycles. The molecule has 0 spiro atoms. The highest BCUT2D eigenvalue weighted by atomic mass is 16.7. The van der Waals surface area contributed by atoms with Crippen LogP contribution in [0.4, 0.5) is 0 Å². The van der Waals surface area contributed by atoms with Crippen LogP contribution in [0.3, 0.4) is 0 Å². The van der Waals surface area contributed by atoms with E-state index in [0.717, 1.165) is 0 Å². The summed E-state index contributed by atoms with van der Waals surface area (Å²) in [6.45, 7) is 0.537. The molecule has 0 unspecified atom stereocenters. The van der Waals surface area contributed by atoms with Crippen molar-refractivity contribution in [2.24, 2.45) is 0 Å². The fraction of sp³-hybridized carbons (Fsp3) is 1.00. The van der Waals surface area contributed by atoms with Crippen LogP contribution in [0.15, 0.2) is 0 Å². The van der Waals surface area contributed by atoms with Gasteiger partial charge in [-0.05, 0) is 12.8 Å². The Hall–Kier alpha value is -0.0800. The van der Waals surface area contributed by atoms with Crippen LogP contribution in [0.5, 0.6) is 0 Å². The number of ether oxygens (including phenoxy) is 2. The van der Waals surface area contributed by atoms with Gasteiger partial charge in [0.25, 0.3) is 0 Å². The average Bonchev–Trinajstić information content (AvgIpc) is 2.33. The Kier molecular flexibility index (Phi) is 1.44. The maximum atomic E-state index is 5.33. The van der Waals surface area contributed by atoms with Crippen molar-refractivity contribution in [3.8, 4) is 0 Å². The van der Waals surface area contributed by atoms with Crippen LogP contribution >= 0.6 is 0 Å². The van der Waals surface area contributed by atoms with E-state index in [4.69, 9.17) is 9.47 Å². The van der Waals surface area contributed by atoms with Gasteiger partial charge < -0.3 is 9.47 Å². The van der Waals surface area contributed by atoms with E-state index in [0.29, 0.717) is 19.0 Å². The Bertz CT molecular complexity index is 91.1. The van der Waals surface area contributed by atoms with Crippen molar-refractivity contribution in [2.75, 3.05) is 6.79 Å². The third-order valence-electron chi connectivity index (χ3n) is 2.21. The highest BCUT2D eigenvalue weighted by molar-refractivity contribution is 4.78. The van der Waals surface area contributed by atoms with E-state index in [1.807, 2.05) is 0 Å². The van der Waals surface area contributed by atoms with Crippen LogP contribution in [0.1, 0.15) is 25.7 Å². The van der Waals surface area contributed by atoms with E-state index in [9.17, 15) is 0 Å². The Morgan fingerprint density at radius 1 is 0.889 bits per heavy atom. The van der Waals surface area contributed by atoms with E-state index in [2.05, 4.69) is 0 Å². The first-order valence-electron chi connectivity index (χ1n) is 3.70. The third kappa shape index (κ3) is 0.970. The Balaban J connectivity index is 1.97. The van der Waals surface area contributed by atoms with Gasteiger partial charge in [0, 0.05) is 0 Å². The lowest BCUT2D eigenvalue weighted by Gasteiger charge is -2.21. The Morgan fingerprint density at radius 3 is 2.00 bits per heavy atom. The maximum absolute atomic E-state index is 5.33. The fourth-order valence-corrected chi connectivity index (χ4v) is 1.66. The lowest BCUT2D eigenvalue weighted by atomic mass is 9.95. The molecule has 0 aromatic carbocycles. The molecule has 1 saturated carbocycles. The summed E-state index contributed by atoms with van der Waals surface area (Å²) in [5, 5.41) is 0. The molecule has 1 heterocycles. The standard InChI is InChI=1S/C7H12O2/c1-2-4-7-6(3-1)8-5-9-7/h6-7H,1-5H2/t6-,7+. The second kappa shape index (κ2) is 2.27. The van der Waals surface area contributed by atoms with Crippen molar-refractivity contribution >= 4 is 0 Å². The van der Waals surface area contributed by atoms with Crippen LogP contribution in [0.2, 0.25) is 0 Å². The van der Waals surface area contributed by atoms with Gasteiger partial charge in [-0.15, -0.1) is 0 Å². The molecule has 0 N–H and O–H groups in total. The number of rotatable bonds is 0. The van der Waals surface area contributed by atoms with Gasteiger partial charge in [0.05, 0.1) is 12.2 Å². The summed E-state index contributed by atoms with van der Waals surface area (Å²) in [7, 11) is 0. The van der Waals surface area contributed by atoms with E-state index < -0.39 is 0 Å². The lowest BCUT2D eigenvalue weighted by Crippen LogP contribution is -2.25. The van der Waals surface area contributed by atoms with E-state index in [1.54, 1.807) is 0 Å². The van der Waals surface area contributed by atoms with Crippen LogP contribution in [-0.4, -0.2) is 19.0 Å². The Labute approximate surface area is 55.1 Å². The number of hydrogen-bond acceptors (Lipinski definition) is 2. The molecule has 0 aromatic rings. The van der Waals surface area contributed by atoms with Gasteiger partial charge in [0.15, 0.2) is 0 Å². The number of hydrogen-bond donors (Lipinski definition) is 0. The smallest absolute Gasteiger partial charge is 0.147 e. The summed E-state index contributed by atoms with van der Waals surface area (Å²) in [6.07, 6.45) is 5.96. The zero-order valence-electron chi connectivity index (χ0n) is 5.51. The molecule has 0 radical (unpaired) electrons. The molecule has 1 saturated heterocycles. The van der Waals surface area contributed by atoms with Gasteiger partial charge >= 0.3 is 0 Å². The minimum Gasteiger partial charge on any atom is -0.349 e. The summed E-state index contributed by atoms with van der Waals surface area (Å²) >= 11 is 0. The zero-order chi connectivity index (χ0) is 6.10. The quantitative estimate of drug-likeness (QED) is 0.489. The average molecular weight is 128 g/mol. The Morgan fingerprint density at radius 2 is 1.44 bits per heavy atom. The van der Waals surface area contributed by atoms with Gasteiger partial charge in [0.2, 0.25) is 0 Å². The third-order valence-corrected chi connectivity index (χ3v) is 2.21. The molecule has 0 amide bonds. The molecule has 1 aliphatic carbocycles. The highest BCUT2D eigenvalue weighted by Crippen LogP contribution is 2.27. The zero-order valence-corrected chi connectivity index (χ0v) is 5.51. The van der Waals surface area contributed by atoms with E-state index in [1.165, 1.54) is 25.7 Å². The van der Waals surface area contributed by atoms with Crippen molar-refractivity contribution in [2.45, 2.75) is 37.9 Å². The molecular formula is C7H12O2. The topological polar surface area (TPSA) is 18.5 Å². The summed E-state index contributed by atoms with van der Waals surface area (Å²) in [4.78, 5) is 0. The van der Waals surface area contributed by atoms with E-state index >= 15 is 0 Å². The molecule has 0 bridgehead atoms. The van der Waals surface area contributed by atoms with Gasteiger partial charge in [0.1, 0.15) is 6.79 Å². The predicted molar refractivity (Wildman–Crippen MR) is 33.1 cm³/mol. The summed E-state index contributed by atoms with van der Waals surface area (Å²) < 4.78 is 10.7. The van der Waals surface area contributed by atoms with Crippen molar-refractivity contribution in [3.05, 3.63) is 0 Å². The predicted octanol–water partition coefficient (Wildman–Crippen LogP) is 1.30. The first-order valence-corrected chi connectivity index (χ1v) is 3.70. The van der Waals surface area contributed by atoms with Crippen LogP contribution in [0, 0.1) is 0 Å². The first kappa shape index (κ1) is 5.69. The van der Waals surface area contributed by atoms with Crippen LogP contribution < -0.4 is 0 Å². The molecule has 2 aliphatic rings. The SMILES string of the molecule is C1CC[C@H]2OCO[C@H]2C1. The van der Waals surface area contributed by atoms with Crippen molar-refractivity contribution in [1.82, 2.24) is 0 Å². The summed E-state index contributed by atoms with van der Waals surface area (Å²) in [5.74, 6) is 0. The van der Waals surface area contributed by atoms with Crippen LogP contribution in [0.25, 0.3) is 0 Å². The van der Waals surface area contributed by atoms with Gasteiger partial charge in [-0.25, -0.2) is 0 Å². The first-order chi connectivity index (χ1) is 4.47. The van der Waals surface area contributed by atoms with Crippen molar-refractivity contribution in [1.29, 1.82) is 0 Å². The summed E-state index contributed by atoms with van der Waals surface area (Å²) in [6, 6.07) is 0. The molecule has 2 nitrogen and oxygen atoms in total. The minimum absolute atomic E-state index is 0.443. The maximum Gasteiger partial charge on any atom is 0.147 e. The molecule has 2 heteroatoms. The minimum atomic E-state index is 0.443. The normalized spacial score (nSPS) is 42.7. The fourth-order valence-electron chi connectivity index (χ4n) is 1.66. The lowest BCUT2D eigenvalue weighted by molar-refractivity contribution is 0.0396. The molecular weight excluding hydrogens is 116 g/mol. The second-order valence-corrected chi connectivity index (χ2v) is 2.81.